The Labute approximate surface area is 518 Å². The Kier molecular flexibility index (Phi) is 9.83. The van der Waals surface area contributed by atoms with Crippen molar-refractivity contribution in [2.45, 2.75) is 12.3 Å². The van der Waals surface area contributed by atoms with E-state index >= 15 is 0 Å². The first-order valence-electron chi connectivity index (χ1n) is 31.3. The monoisotopic (exact) mass is 1160 g/mol. The van der Waals surface area contributed by atoms with Crippen LogP contribution in [0.5, 0.6) is 0 Å². The molecule has 7 aromatic heterocycles. The van der Waals surface area contributed by atoms with E-state index in [1.54, 1.807) is 0 Å². The van der Waals surface area contributed by atoms with Gasteiger partial charge in [-0.15, -0.1) is 0 Å². The Morgan fingerprint density at radius 3 is 0.978 bits per heavy atom. The lowest BCUT2D eigenvalue weighted by molar-refractivity contribution is 0.668. The van der Waals surface area contributed by atoms with Crippen LogP contribution in [0.1, 0.15) is 22.7 Å². The molecule has 1 aliphatic rings. The van der Waals surface area contributed by atoms with Crippen molar-refractivity contribution >= 4 is 148 Å². The predicted octanol–water partition coefficient (Wildman–Crippen LogP) is 22.6. The van der Waals surface area contributed by atoms with Gasteiger partial charge in [0.1, 0.15) is 33.5 Å². The lowest BCUT2D eigenvalue weighted by Crippen LogP contribution is -2.07. The van der Waals surface area contributed by atoms with Crippen LogP contribution in [-0.4, -0.2) is 18.3 Å². The van der Waals surface area contributed by atoms with Crippen molar-refractivity contribution in [1.29, 1.82) is 0 Å². The molecule has 1 unspecified atom stereocenters. The fraction of sp³-hybridized carbons (Fsp3) is 0.0238. The molecule has 0 radical (unpaired) electrons. The average Bonchev–Trinajstić information content (AvgIpc) is 2.24. The molecule has 7 heterocycles. The number of hydrogen-bond donors (Lipinski definition) is 0. The molecular formula is C84H50N4O3. The summed E-state index contributed by atoms with van der Waals surface area (Å²) in [5, 5.41) is 15.2. The smallest absolute Gasteiger partial charge is 0.135 e. The fourth-order valence-corrected chi connectivity index (χ4v) is 15.8. The topological polar surface area (TPSA) is 59.1 Å². The minimum atomic E-state index is 0.177. The summed E-state index contributed by atoms with van der Waals surface area (Å²) in [6, 6.07) is 99.3. The molecule has 21 rings (SSSR count). The normalized spacial score (nSPS) is 13.7. The van der Waals surface area contributed by atoms with Crippen molar-refractivity contribution in [3.63, 3.8) is 0 Å². The number of aromatic nitrogens is 4. The standard InChI is InChI=1S/C84H50N4O3/c1-7-19-71-57(13-1)58-14-2-8-20-72(58)85(71)53-29-37-81-67(45-53)65-43-51(27-35-79(65)89-81)52-28-36-80-66(44-52)68-46-55(31-38-82(68)90-80)87-75-23-11-5-17-61(75)63-41-49(25-33-77(63)87)50-26-34-78-64(42-50)62-18-6-12-24-76(62)88(78)56-32-40-84-70(48-56)69-47-54(30-39-83(69)91-84)86-73-21-9-3-15-59(73)60-16-4-10-22-74(60)86/h1-40,42-49H,41H2. The highest BCUT2D eigenvalue weighted by atomic mass is 16.3. The maximum Gasteiger partial charge on any atom is 0.135 e. The Bertz CT molecular complexity index is 6480. The van der Waals surface area contributed by atoms with Crippen LogP contribution in [0, 0.1) is 0 Å². The Morgan fingerprint density at radius 1 is 0.253 bits per heavy atom. The molecule has 1 aliphatic carbocycles. The fourth-order valence-electron chi connectivity index (χ4n) is 15.8. The van der Waals surface area contributed by atoms with E-state index in [4.69, 9.17) is 13.3 Å². The van der Waals surface area contributed by atoms with Crippen LogP contribution in [0.2, 0.25) is 0 Å². The van der Waals surface area contributed by atoms with Gasteiger partial charge in [0.2, 0.25) is 0 Å². The van der Waals surface area contributed by atoms with Crippen LogP contribution in [0.4, 0.5) is 0 Å². The van der Waals surface area contributed by atoms with Gasteiger partial charge in [0, 0.05) is 104 Å². The summed E-state index contributed by atoms with van der Waals surface area (Å²) in [6.07, 6.45) is 5.67. The number of nitrogens with zero attached hydrogens (tertiary/aromatic N) is 4. The van der Waals surface area contributed by atoms with Crippen LogP contribution in [0.15, 0.2) is 292 Å². The van der Waals surface area contributed by atoms with Gasteiger partial charge in [-0.25, -0.2) is 0 Å². The molecule has 0 spiro atoms. The summed E-state index contributed by atoms with van der Waals surface area (Å²) in [5.41, 5.74) is 24.0. The van der Waals surface area contributed by atoms with E-state index in [0.717, 1.165) is 106 Å². The Morgan fingerprint density at radius 2 is 0.571 bits per heavy atom. The number of furan rings is 3. The summed E-state index contributed by atoms with van der Waals surface area (Å²) in [7, 11) is 0. The third-order valence-electron chi connectivity index (χ3n) is 19.9. The number of fused-ring (bicyclic) bond motifs is 21. The molecule has 13 aromatic carbocycles. The van der Waals surface area contributed by atoms with E-state index in [1.165, 1.54) is 93.1 Å². The second-order valence-corrected chi connectivity index (χ2v) is 24.7. The van der Waals surface area contributed by atoms with Crippen LogP contribution >= 0.6 is 0 Å². The number of para-hydroxylation sites is 6. The van der Waals surface area contributed by atoms with Crippen molar-refractivity contribution in [1.82, 2.24) is 18.3 Å². The molecule has 424 valence electrons. The van der Waals surface area contributed by atoms with E-state index < -0.39 is 0 Å². The first-order valence-corrected chi connectivity index (χ1v) is 31.3. The van der Waals surface area contributed by atoms with Gasteiger partial charge in [-0.05, 0) is 180 Å². The van der Waals surface area contributed by atoms with E-state index in [1.807, 2.05) is 0 Å². The average molecular weight is 1160 g/mol. The summed E-state index contributed by atoms with van der Waals surface area (Å²) in [4.78, 5) is 0. The summed E-state index contributed by atoms with van der Waals surface area (Å²) in [6.45, 7) is 0. The van der Waals surface area contributed by atoms with Gasteiger partial charge < -0.3 is 31.5 Å². The molecule has 1 atom stereocenters. The minimum Gasteiger partial charge on any atom is -0.456 e. The zero-order valence-corrected chi connectivity index (χ0v) is 48.9. The molecule has 0 amide bonds. The highest BCUT2D eigenvalue weighted by Crippen LogP contribution is 2.45. The quantitative estimate of drug-likeness (QED) is 0.167. The van der Waals surface area contributed by atoms with Crippen LogP contribution in [0.3, 0.4) is 0 Å². The minimum absolute atomic E-state index is 0.177. The molecule has 0 bridgehead atoms. The first kappa shape index (κ1) is 49.0. The van der Waals surface area contributed by atoms with E-state index in [-0.39, 0.29) is 5.92 Å². The number of allylic oxidation sites excluding steroid dienone is 1. The van der Waals surface area contributed by atoms with Crippen molar-refractivity contribution in [2.75, 3.05) is 0 Å². The highest BCUT2D eigenvalue weighted by molar-refractivity contribution is 6.15. The van der Waals surface area contributed by atoms with Crippen molar-refractivity contribution < 1.29 is 13.3 Å². The van der Waals surface area contributed by atoms with E-state index in [0.29, 0.717) is 0 Å². The second kappa shape index (κ2) is 18.3. The lowest BCUT2D eigenvalue weighted by Gasteiger charge is -2.20. The van der Waals surface area contributed by atoms with Crippen molar-refractivity contribution in [2.24, 2.45) is 0 Å². The predicted molar refractivity (Wildman–Crippen MR) is 375 cm³/mol. The third kappa shape index (κ3) is 6.97. The molecule has 91 heavy (non-hydrogen) atoms. The largest absolute Gasteiger partial charge is 0.456 e. The maximum atomic E-state index is 6.61. The zero-order chi connectivity index (χ0) is 59.2. The van der Waals surface area contributed by atoms with Gasteiger partial charge in [-0.1, -0.05) is 133 Å². The van der Waals surface area contributed by atoms with E-state index in [2.05, 4.69) is 303 Å². The van der Waals surface area contributed by atoms with Crippen LogP contribution in [0.25, 0.3) is 182 Å². The molecule has 0 fully saturated rings. The summed E-state index contributed by atoms with van der Waals surface area (Å²) >= 11 is 0. The molecule has 7 nitrogen and oxygen atoms in total. The molecule has 0 saturated carbocycles. The Balaban J connectivity index is 0.628. The van der Waals surface area contributed by atoms with Gasteiger partial charge in [0.05, 0.1) is 38.6 Å². The molecule has 20 aromatic rings. The van der Waals surface area contributed by atoms with Crippen molar-refractivity contribution in [3.8, 4) is 33.9 Å². The number of hydrogen-bond acceptors (Lipinski definition) is 3. The van der Waals surface area contributed by atoms with Crippen LogP contribution < -0.4 is 0 Å². The lowest BCUT2D eigenvalue weighted by atomic mass is 9.86. The van der Waals surface area contributed by atoms with Gasteiger partial charge in [0.25, 0.3) is 0 Å². The molecule has 0 saturated heterocycles. The molecule has 7 heteroatoms. The summed E-state index contributed by atoms with van der Waals surface area (Å²) < 4.78 is 29.3. The zero-order valence-electron chi connectivity index (χ0n) is 48.9. The van der Waals surface area contributed by atoms with Gasteiger partial charge in [0.15, 0.2) is 0 Å². The number of rotatable bonds is 6. The Hall–Kier alpha value is -12.1. The van der Waals surface area contributed by atoms with Crippen LogP contribution in [-0.2, 0) is 6.42 Å². The second-order valence-electron chi connectivity index (χ2n) is 24.7. The maximum absolute atomic E-state index is 6.61. The highest BCUT2D eigenvalue weighted by Gasteiger charge is 2.26. The van der Waals surface area contributed by atoms with Gasteiger partial charge in [-0.2, -0.15) is 0 Å². The van der Waals surface area contributed by atoms with Gasteiger partial charge >= 0.3 is 0 Å². The third-order valence-corrected chi connectivity index (χ3v) is 19.9. The SMILES string of the molecule is C1=CC(c2ccc3c(c2)c2ccccc2n3-c2ccc3oc4ccc(-n5c6ccccc6c6ccccc65)cc4c3c2)Cc2c1n(-c1ccc3oc4ccc(-c5ccc6oc7ccc(-n8c9ccccc9c9ccccc98)cc7c6c5)cc4c3c1)c1ccccc21. The molecule has 0 aliphatic heterocycles. The van der Waals surface area contributed by atoms with Crippen molar-refractivity contribution in [3.05, 3.63) is 296 Å². The van der Waals surface area contributed by atoms with E-state index in [9.17, 15) is 0 Å². The number of benzene rings is 13. The summed E-state index contributed by atoms with van der Waals surface area (Å²) in [5.74, 6) is 0.177. The molecule has 0 N–H and O–H groups in total. The molecular weight excluding hydrogens is 1110 g/mol. The first-order chi connectivity index (χ1) is 45.1. The van der Waals surface area contributed by atoms with Gasteiger partial charge in [-0.3, -0.25) is 0 Å².